The average molecular weight is 354 g/mol. The molecule has 0 aromatic heterocycles. The van der Waals surface area contributed by atoms with E-state index in [1.165, 1.54) is 6.07 Å². The minimum atomic E-state index is -6.61. The van der Waals surface area contributed by atoms with Crippen molar-refractivity contribution in [3.8, 4) is 0 Å². The molecule has 0 amide bonds. The van der Waals surface area contributed by atoms with Crippen molar-refractivity contribution >= 4 is 0 Å². The van der Waals surface area contributed by atoms with Crippen molar-refractivity contribution in [2.24, 2.45) is 0 Å². The van der Waals surface area contributed by atoms with Crippen LogP contribution in [0.5, 0.6) is 0 Å². The van der Waals surface area contributed by atoms with Crippen molar-refractivity contribution in [3.63, 3.8) is 0 Å². The lowest BCUT2D eigenvalue weighted by Gasteiger charge is -2.35. The molecule has 1 heterocycles. The van der Waals surface area contributed by atoms with Crippen LogP contribution in [-0.2, 0) is 4.74 Å². The zero-order valence-electron chi connectivity index (χ0n) is 10.7. The minimum absolute atomic E-state index is 0.727. The van der Waals surface area contributed by atoms with E-state index >= 15 is 0 Å². The maximum Gasteiger partial charge on any atom is 0.428 e. The van der Waals surface area contributed by atoms with Crippen molar-refractivity contribution in [3.05, 3.63) is 35.9 Å². The van der Waals surface area contributed by atoms with Crippen LogP contribution in [0.1, 0.15) is 11.7 Å². The number of alkyl halides is 9. The van der Waals surface area contributed by atoms with Crippen molar-refractivity contribution in [1.82, 2.24) is 0 Å². The summed E-state index contributed by atoms with van der Waals surface area (Å²) in [4.78, 5) is 0. The first kappa shape index (κ1) is 17.9. The zero-order chi connectivity index (χ0) is 17.9. The van der Waals surface area contributed by atoms with E-state index in [0.717, 1.165) is 24.3 Å². The molecule has 0 saturated carbocycles. The fraction of sp³-hybridized carbons (Fsp3) is 0.500. The quantitative estimate of drug-likeness (QED) is 0.834. The van der Waals surface area contributed by atoms with Gasteiger partial charge in [0.1, 0.15) is 6.10 Å². The van der Waals surface area contributed by atoms with Gasteiger partial charge in [0.25, 0.3) is 0 Å². The molecule has 2 atom stereocenters. The molecule has 0 unspecified atom stereocenters. The molecule has 23 heavy (non-hydrogen) atoms. The summed E-state index contributed by atoms with van der Waals surface area (Å²) >= 11 is 0. The second-order valence-corrected chi connectivity index (χ2v) is 4.80. The molecule has 0 bridgehead atoms. The molecule has 130 valence electrons. The first-order valence-electron chi connectivity index (χ1n) is 5.86. The van der Waals surface area contributed by atoms with Gasteiger partial charge in [0.15, 0.2) is 0 Å². The van der Waals surface area contributed by atoms with Crippen molar-refractivity contribution < 1.29 is 49.4 Å². The summed E-state index contributed by atoms with van der Waals surface area (Å²) in [5.74, 6) is -25.1. The van der Waals surface area contributed by atoms with Gasteiger partial charge >= 0.3 is 29.7 Å². The Kier molecular flexibility index (Phi) is 3.69. The van der Waals surface area contributed by atoms with Gasteiger partial charge in [-0.1, -0.05) is 30.3 Å². The lowest BCUT2D eigenvalue weighted by Crippen LogP contribution is -2.61. The highest BCUT2D eigenvalue weighted by Crippen LogP contribution is 2.66. The molecule has 11 heteroatoms. The number of halogens is 9. The Hall–Kier alpha value is -1.49. The van der Waals surface area contributed by atoms with E-state index in [2.05, 4.69) is 4.74 Å². The van der Waals surface area contributed by atoms with Gasteiger partial charge < -0.3 is 5.11 Å². The van der Waals surface area contributed by atoms with Gasteiger partial charge in [0, 0.05) is 0 Å². The van der Waals surface area contributed by atoms with Gasteiger partial charge in [-0.2, -0.15) is 39.5 Å². The zero-order valence-corrected chi connectivity index (χ0v) is 10.7. The van der Waals surface area contributed by atoms with Crippen molar-refractivity contribution in [2.75, 3.05) is 0 Å². The van der Waals surface area contributed by atoms with Crippen LogP contribution in [0.15, 0.2) is 30.3 Å². The van der Waals surface area contributed by atoms with Crippen LogP contribution in [0, 0.1) is 0 Å². The highest BCUT2D eigenvalue weighted by Gasteiger charge is 2.95. The predicted octanol–water partition coefficient (Wildman–Crippen LogP) is 3.91. The molecule has 1 aromatic rings. The number of aliphatic hydroxyl groups is 1. The summed E-state index contributed by atoms with van der Waals surface area (Å²) in [7, 11) is 0. The first-order chi connectivity index (χ1) is 10.2. The van der Waals surface area contributed by atoms with Crippen molar-refractivity contribution in [1.29, 1.82) is 0 Å². The third kappa shape index (κ3) is 2.05. The SMILES string of the molecule is O[C@H](c1ccccc1)C(F)(F)[C@]1(F)OC(F)(F)C(F)(F)C1(F)F. The number of rotatable bonds is 3. The molecule has 2 rings (SSSR count). The molecule has 2 nitrogen and oxygen atoms in total. The molecule has 1 N–H and O–H groups in total. The Balaban J connectivity index is 2.54. The Labute approximate surface area is 122 Å². The molecule has 0 aliphatic carbocycles. The van der Waals surface area contributed by atoms with Crippen molar-refractivity contribution in [2.45, 2.75) is 35.8 Å². The summed E-state index contributed by atoms with van der Waals surface area (Å²) in [6, 6.07) is 4.78. The summed E-state index contributed by atoms with van der Waals surface area (Å²) in [6.07, 6.45) is -9.64. The van der Waals surface area contributed by atoms with Gasteiger partial charge in [-0.15, -0.1) is 0 Å². The fourth-order valence-corrected chi connectivity index (χ4v) is 1.99. The van der Waals surface area contributed by atoms with E-state index in [1.807, 2.05) is 0 Å². The third-order valence-corrected chi connectivity index (χ3v) is 3.32. The van der Waals surface area contributed by atoms with Gasteiger partial charge in [0.05, 0.1) is 0 Å². The van der Waals surface area contributed by atoms with E-state index in [4.69, 9.17) is 0 Å². The third-order valence-electron chi connectivity index (χ3n) is 3.32. The Bertz CT molecular complexity index is 589. The van der Waals surface area contributed by atoms with Gasteiger partial charge in [-0.3, -0.25) is 4.74 Å². The summed E-state index contributed by atoms with van der Waals surface area (Å²) in [5.41, 5.74) is -0.868. The lowest BCUT2D eigenvalue weighted by atomic mass is 9.92. The number of benzene rings is 1. The molecule has 1 aliphatic rings. The highest BCUT2D eigenvalue weighted by molar-refractivity contribution is 5.23. The Morgan fingerprint density at radius 1 is 0.870 bits per heavy atom. The summed E-state index contributed by atoms with van der Waals surface area (Å²) in [5, 5.41) is 9.35. The molecule has 0 radical (unpaired) electrons. The van der Waals surface area contributed by atoms with Crippen LogP contribution in [0.4, 0.5) is 39.5 Å². The smallest absolute Gasteiger partial charge is 0.382 e. The number of hydrogen-bond donors (Lipinski definition) is 1. The highest BCUT2D eigenvalue weighted by atomic mass is 19.4. The van der Waals surface area contributed by atoms with Gasteiger partial charge in [-0.05, 0) is 5.56 Å². The molecule has 1 saturated heterocycles. The number of aliphatic hydroxyl groups excluding tert-OH is 1. The topological polar surface area (TPSA) is 29.5 Å². The standard InChI is InChI=1S/C12H7F9O2/c13-8(14,7(22)6-4-2-1-3-5-6)11(19)9(15,16)10(17,18)12(20,21)23-11/h1-5,7,22H/t7-,11+/m1/s1. The largest absolute Gasteiger partial charge is 0.428 e. The molecule has 1 fully saturated rings. The fourth-order valence-electron chi connectivity index (χ4n) is 1.99. The molecule has 1 aromatic carbocycles. The van der Waals surface area contributed by atoms with E-state index in [-0.39, 0.29) is 0 Å². The van der Waals surface area contributed by atoms with Crippen LogP contribution in [0.2, 0.25) is 0 Å². The molecular weight excluding hydrogens is 347 g/mol. The van der Waals surface area contributed by atoms with Crippen LogP contribution in [0.3, 0.4) is 0 Å². The lowest BCUT2D eigenvalue weighted by molar-refractivity contribution is -0.390. The summed E-state index contributed by atoms with van der Waals surface area (Å²) < 4.78 is 122. The molecule has 1 aliphatic heterocycles. The second kappa shape index (κ2) is 4.76. The normalized spacial score (nSPS) is 30.2. The minimum Gasteiger partial charge on any atom is -0.382 e. The maximum atomic E-state index is 14.0. The average Bonchev–Trinajstić information content (AvgIpc) is 2.55. The monoisotopic (exact) mass is 354 g/mol. The first-order valence-corrected chi connectivity index (χ1v) is 5.86. The van der Waals surface area contributed by atoms with Crippen LogP contribution in [-0.4, -0.2) is 34.8 Å². The van der Waals surface area contributed by atoms with E-state index in [0.29, 0.717) is 0 Å². The van der Waals surface area contributed by atoms with Gasteiger partial charge in [0.2, 0.25) is 0 Å². The molecule has 0 spiro atoms. The molecular formula is C12H7F9O2. The summed E-state index contributed by atoms with van der Waals surface area (Å²) in [6.45, 7) is 0. The Morgan fingerprint density at radius 2 is 1.35 bits per heavy atom. The maximum absolute atomic E-state index is 14.0. The Morgan fingerprint density at radius 3 is 1.74 bits per heavy atom. The predicted molar refractivity (Wildman–Crippen MR) is 56.1 cm³/mol. The van der Waals surface area contributed by atoms with Gasteiger partial charge in [-0.25, -0.2) is 0 Å². The number of ether oxygens (including phenoxy) is 1. The van der Waals surface area contributed by atoms with E-state index < -0.39 is 41.4 Å². The van der Waals surface area contributed by atoms with Crippen LogP contribution in [0.25, 0.3) is 0 Å². The second-order valence-electron chi connectivity index (χ2n) is 4.80. The van der Waals surface area contributed by atoms with Crippen LogP contribution >= 0.6 is 0 Å². The number of hydrogen-bond acceptors (Lipinski definition) is 2. The van der Waals surface area contributed by atoms with E-state index in [9.17, 15) is 44.6 Å². The van der Waals surface area contributed by atoms with Crippen LogP contribution < -0.4 is 0 Å². The van der Waals surface area contributed by atoms with E-state index in [1.54, 1.807) is 0 Å².